The number of imidazole rings is 1. The summed E-state index contributed by atoms with van der Waals surface area (Å²) in [6.07, 6.45) is 0.723. The smallest absolute Gasteiger partial charge is 0.161 e. The maximum Gasteiger partial charge on any atom is 0.161 e. The lowest BCUT2D eigenvalue weighted by Gasteiger charge is -2.10. The molecule has 0 bridgehead atoms. The number of hydrogen-bond acceptors (Lipinski definition) is 3. The first-order chi connectivity index (χ1) is 11.2. The van der Waals surface area contributed by atoms with Crippen molar-refractivity contribution in [2.45, 2.75) is 19.9 Å². The van der Waals surface area contributed by atoms with Crippen molar-refractivity contribution in [3.63, 3.8) is 0 Å². The molecule has 23 heavy (non-hydrogen) atoms. The average molecular weight is 331 g/mol. The first-order valence-corrected chi connectivity index (χ1v) is 7.89. The van der Waals surface area contributed by atoms with Gasteiger partial charge in [0.25, 0.3) is 0 Å². The van der Waals surface area contributed by atoms with Crippen LogP contribution in [-0.4, -0.2) is 23.8 Å². The van der Waals surface area contributed by atoms with E-state index in [-0.39, 0.29) is 0 Å². The van der Waals surface area contributed by atoms with Crippen molar-refractivity contribution in [1.82, 2.24) is 9.55 Å². The highest BCUT2D eigenvalue weighted by molar-refractivity contribution is 6.31. The van der Waals surface area contributed by atoms with Gasteiger partial charge in [0.15, 0.2) is 11.5 Å². The fourth-order valence-corrected chi connectivity index (χ4v) is 2.98. The number of rotatable bonds is 5. The van der Waals surface area contributed by atoms with E-state index in [4.69, 9.17) is 26.1 Å². The fraction of sp³-hybridized carbons (Fsp3) is 0.278. The molecule has 2 aromatic carbocycles. The molecule has 120 valence electrons. The summed E-state index contributed by atoms with van der Waals surface area (Å²) in [6, 6.07) is 11.8. The number of ether oxygens (including phenoxy) is 2. The average Bonchev–Trinajstić information content (AvgIpc) is 2.90. The molecule has 0 radical (unpaired) electrons. The Hall–Kier alpha value is -2.20. The van der Waals surface area contributed by atoms with Gasteiger partial charge in [0.2, 0.25) is 0 Å². The molecule has 0 amide bonds. The maximum atomic E-state index is 6.08. The van der Waals surface area contributed by atoms with Gasteiger partial charge in [0, 0.05) is 18.0 Å². The van der Waals surface area contributed by atoms with Crippen LogP contribution in [0.25, 0.3) is 11.0 Å². The van der Waals surface area contributed by atoms with Gasteiger partial charge in [-0.2, -0.15) is 0 Å². The van der Waals surface area contributed by atoms with Gasteiger partial charge < -0.3 is 14.0 Å². The number of methoxy groups -OCH3 is 2. The van der Waals surface area contributed by atoms with Crippen molar-refractivity contribution in [3.8, 4) is 11.5 Å². The molecule has 1 heterocycles. The summed E-state index contributed by atoms with van der Waals surface area (Å²) in [4.78, 5) is 4.74. The Balaban J connectivity index is 2.01. The van der Waals surface area contributed by atoms with Crippen molar-refractivity contribution >= 4 is 22.6 Å². The summed E-state index contributed by atoms with van der Waals surface area (Å²) in [5.74, 6) is 2.47. The van der Waals surface area contributed by atoms with Crippen molar-refractivity contribution in [3.05, 3.63) is 52.8 Å². The van der Waals surface area contributed by atoms with Gasteiger partial charge in [-0.1, -0.05) is 17.7 Å². The van der Waals surface area contributed by atoms with Gasteiger partial charge in [-0.25, -0.2) is 4.98 Å². The molecule has 0 aliphatic heterocycles. The summed E-state index contributed by atoms with van der Waals surface area (Å²) in [6.45, 7) is 2.98. The summed E-state index contributed by atoms with van der Waals surface area (Å²) in [5.41, 5.74) is 3.15. The van der Waals surface area contributed by atoms with Crippen molar-refractivity contribution in [1.29, 1.82) is 0 Å². The first kappa shape index (κ1) is 15.7. The molecule has 3 aromatic rings. The van der Waals surface area contributed by atoms with E-state index >= 15 is 0 Å². The van der Waals surface area contributed by atoms with Crippen LogP contribution >= 0.6 is 11.6 Å². The summed E-state index contributed by atoms with van der Waals surface area (Å²) in [7, 11) is 3.28. The molecule has 3 rings (SSSR count). The minimum Gasteiger partial charge on any atom is -0.493 e. The molecular weight excluding hydrogens is 312 g/mol. The van der Waals surface area contributed by atoms with Crippen LogP contribution in [0.5, 0.6) is 11.5 Å². The number of nitrogens with zero attached hydrogens (tertiary/aromatic N) is 2. The summed E-state index contributed by atoms with van der Waals surface area (Å²) in [5, 5.41) is 0.705. The van der Waals surface area contributed by atoms with Crippen LogP contribution in [-0.2, 0) is 13.0 Å². The van der Waals surface area contributed by atoms with Gasteiger partial charge in [-0.05, 0) is 42.8 Å². The third-order valence-electron chi connectivity index (χ3n) is 3.92. The quantitative estimate of drug-likeness (QED) is 0.699. The van der Waals surface area contributed by atoms with Crippen LogP contribution in [0, 0.1) is 0 Å². The predicted molar refractivity (Wildman–Crippen MR) is 92.8 cm³/mol. The number of fused-ring (bicyclic) bond motifs is 1. The molecule has 0 saturated heterocycles. The minimum absolute atomic E-state index is 0.705. The zero-order valence-electron chi connectivity index (χ0n) is 13.5. The van der Waals surface area contributed by atoms with E-state index in [1.54, 1.807) is 14.2 Å². The van der Waals surface area contributed by atoms with Gasteiger partial charge >= 0.3 is 0 Å². The molecule has 0 aliphatic carbocycles. The summed E-state index contributed by atoms with van der Waals surface area (Å²) >= 11 is 6.08. The van der Waals surface area contributed by atoms with Crippen molar-refractivity contribution < 1.29 is 9.47 Å². The first-order valence-electron chi connectivity index (χ1n) is 7.51. The van der Waals surface area contributed by atoms with E-state index < -0.39 is 0 Å². The summed E-state index contributed by atoms with van der Waals surface area (Å²) < 4.78 is 12.9. The highest BCUT2D eigenvalue weighted by Gasteiger charge is 2.12. The highest BCUT2D eigenvalue weighted by Crippen LogP contribution is 2.29. The van der Waals surface area contributed by atoms with E-state index in [9.17, 15) is 0 Å². The second-order valence-corrected chi connectivity index (χ2v) is 5.71. The Morgan fingerprint density at radius 1 is 1.04 bits per heavy atom. The lowest BCUT2D eigenvalue weighted by atomic mass is 10.1. The topological polar surface area (TPSA) is 36.3 Å². The number of aryl methyl sites for hydroxylation is 1. The van der Waals surface area contributed by atoms with E-state index in [2.05, 4.69) is 11.5 Å². The normalized spacial score (nSPS) is 11.0. The second-order valence-electron chi connectivity index (χ2n) is 5.27. The van der Waals surface area contributed by atoms with E-state index in [1.807, 2.05) is 36.4 Å². The molecule has 0 fully saturated rings. The minimum atomic E-state index is 0.705. The number of hydrogen-bond donors (Lipinski definition) is 0. The Bertz CT molecular complexity index is 842. The van der Waals surface area contributed by atoms with Crippen LogP contribution in [0.4, 0.5) is 0 Å². The Kier molecular flexibility index (Phi) is 4.44. The fourth-order valence-electron chi connectivity index (χ4n) is 2.81. The zero-order chi connectivity index (χ0) is 16.4. The molecule has 0 atom stereocenters. The van der Waals surface area contributed by atoms with Crippen LogP contribution < -0.4 is 9.47 Å². The van der Waals surface area contributed by atoms with Crippen LogP contribution in [0.2, 0.25) is 5.02 Å². The maximum absolute atomic E-state index is 6.08. The SMILES string of the molecule is CCn1c(Cc2ccc(OC)c(OC)c2)nc2cc(Cl)ccc21. The monoisotopic (exact) mass is 330 g/mol. The molecule has 0 N–H and O–H groups in total. The molecule has 0 saturated carbocycles. The van der Waals surface area contributed by atoms with E-state index in [0.717, 1.165) is 46.9 Å². The number of aromatic nitrogens is 2. The lowest BCUT2D eigenvalue weighted by Crippen LogP contribution is -2.03. The Morgan fingerprint density at radius 2 is 1.83 bits per heavy atom. The Morgan fingerprint density at radius 3 is 2.52 bits per heavy atom. The standard InChI is InChI=1S/C18H19ClN2O2/c1-4-21-15-7-6-13(19)11-14(15)20-18(21)10-12-5-8-16(22-2)17(9-12)23-3/h5-9,11H,4,10H2,1-3H3. The zero-order valence-corrected chi connectivity index (χ0v) is 14.2. The van der Waals surface area contributed by atoms with E-state index in [0.29, 0.717) is 5.02 Å². The van der Waals surface area contributed by atoms with Gasteiger partial charge in [0.1, 0.15) is 5.82 Å². The van der Waals surface area contributed by atoms with Crippen LogP contribution in [0.3, 0.4) is 0 Å². The third kappa shape index (κ3) is 2.99. The van der Waals surface area contributed by atoms with Crippen LogP contribution in [0.15, 0.2) is 36.4 Å². The molecule has 1 aromatic heterocycles. The van der Waals surface area contributed by atoms with Crippen LogP contribution in [0.1, 0.15) is 18.3 Å². The molecule has 0 unspecified atom stereocenters. The van der Waals surface area contributed by atoms with Crippen molar-refractivity contribution in [2.24, 2.45) is 0 Å². The highest BCUT2D eigenvalue weighted by atomic mass is 35.5. The number of benzene rings is 2. The van der Waals surface area contributed by atoms with Gasteiger partial charge in [-0.3, -0.25) is 0 Å². The predicted octanol–water partition coefficient (Wildman–Crippen LogP) is 4.32. The lowest BCUT2D eigenvalue weighted by molar-refractivity contribution is 0.354. The molecule has 5 heteroatoms. The Labute approximate surface area is 140 Å². The molecular formula is C18H19ClN2O2. The number of halogens is 1. The second kappa shape index (κ2) is 6.50. The third-order valence-corrected chi connectivity index (χ3v) is 4.15. The van der Waals surface area contributed by atoms with Crippen molar-refractivity contribution in [2.75, 3.05) is 14.2 Å². The molecule has 4 nitrogen and oxygen atoms in total. The van der Waals surface area contributed by atoms with Gasteiger partial charge in [0.05, 0.1) is 25.3 Å². The molecule has 0 spiro atoms. The molecule has 0 aliphatic rings. The largest absolute Gasteiger partial charge is 0.493 e. The van der Waals surface area contributed by atoms with E-state index in [1.165, 1.54) is 0 Å². The van der Waals surface area contributed by atoms with Gasteiger partial charge in [-0.15, -0.1) is 0 Å².